The van der Waals surface area contributed by atoms with Gasteiger partial charge in [0.15, 0.2) is 0 Å². The van der Waals surface area contributed by atoms with Gasteiger partial charge in [-0.3, -0.25) is 9.59 Å². The van der Waals surface area contributed by atoms with Gasteiger partial charge in [-0.1, -0.05) is 12.1 Å². The molecule has 0 unspecified atom stereocenters. The number of amides is 2. The molecule has 0 heterocycles. The normalized spacial score (nSPS) is 9.95. The quantitative estimate of drug-likeness (QED) is 0.823. The molecule has 0 atom stereocenters. The van der Waals surface area contributed by atoms with E-state index in [1.807, 2.05) is 31.2 Å². The highest BCUT2D eigenvalue weighted by Gasteiger charge is 2.09. The lowest BCUT2D eigenvalue weighted by Crippen LogP contribution is -2.30. The summed E-state index contributed by atoms with van der Waals surface area (Å²) in [7, 11) is 1.76. The molecule has 0 fully saturated rings. The Morgan fingerprint density at radius 3 is 2.45 bits per heavy atom. The minimum absolute atomic E-state index is 0.00707. The first-order valence-electron chi connectivity index (χ1n) is 6.73. The van der Waals surface area contributed by atoms with Gasteiger partial charge in [0.05, 0.1) is 6.61 Å². The Hall–Kier alpha value is -2.04. The van der Waals surface area contributed by atoms with Gasteiger partial charge in [-0.2, -0.15) is 0 Å². The molecule has 0 spiro atoms. The summed E-state index contributed by atoms with van der Waals surface area (Å²) in [5, 5.41) is 2.61. The maximum absolute atomic E-state index is 11.8. The van der Waals surface area contributed by atoms with Gasteiger partial charge in [0.25, 0.3) is 0 Å². The zero-order valence-corrected chi connectivity index (χ0v) is 12.3. The van der Waals surface area contributed by atoms with Gasteiger partial charge in [0, 0.05) is 33.5 Å². The fourth-order valence-corrected chi connectivity index (χ4v) is 1.76. The van der Waals surface area contributed by atoms with Crippen molar-refractivity contribution in [1.82, 2.24) is 10.2 Å². The van der Waals surface area contributed by atoms with E-state index in [1.54, 1.807) is 11.9 Å². The monoisotopic (exact) mass is 278 g/mol. The summed E-state index contributed by atoms with van der Waals surface area (Å²) >= 11 is 0. The lowest BCUT2D eigenvalue weighted by Gasteiger charge is -2.17. The molecule has 1 aromatic carbocycles. The summed E-state index contributed by atoms with van der Waals surface area (Å²) in [4.78, 5) is 24.2. The van der Waals surface area contributed by atoms with Crippen LogP contribution in [0.4, 0.5) is 0 Å². The average Bonchev–Trinajstić information content (AvgIpc) is 2.40. The molecule has 20 heavy (non-hydrogen) atoms. The number of ether oxygens (including phenoxy) is 1. The molecule has 0 aliphatic carbocycles. The van der Waals surface area contributed by atoms with Crippen LogP contribution >= 0.6 is 0 Å². The van der Waals surface area contributed by atoms with E-state index in [2.05, 4.69) is 5.32 Å². The molecular formula is C15H22N2O3. The van der Waals surface area contributed by atoms with Gasteiger partial charge < -0.3 is 15.0 Å². The Labute approximate surface area is 119 Å². The van der Waals surface area contributed by atoms with Gasteiger partial charge in [0.1, 0.15) is 5.75 Å². The number of rotatable bonds is 7. The molecule has 1 N–H and O–H groups in total. The smallest absolute Gasteiger partial charge is 0.224 e. The first-order valence-corrected chi connectivity index (χ1v) is 6.73. The zero-order valence-electron chi connectivity index (χ0n) is 12.3. The highest BCUT2D eigenvalue weighted by atomic mass is 16.5. The van der Waals surface area contributed by atoms with Crippen LogP contribution < -0.4 is 10.1 Å². The van der Waals surface area contributed by atoms with Crippen LogP contribution in [0.5, 0.6) is 5.75 Å². The van der Waals surface area contributed by atoms with E-state index in [0.717, 1.165) is 11.3 Å². The fraction of sp³-hybridized carbons (Fsp3) is 0.467. The van der Waals surface area contributed by atoms with Crippen LogP contribution in [0.2, 0.25) is 0 Å². The largest absolute Gasteiger partial charge is 0.494 e. The van der Waals surface area contributed by atoms with Gasteiger partial charge in [0.2, 0.25) is 11.8 Å². The molecule has 0 saturated carbocycles. The van der Waals surface area contributed by atoms with Crippen molar-refractivity contribution in [2.75, 3.05) is 20.2 Å². The van der Waals surface area contributed by atoms with Gasteiger partial charge in [-0.05, 0) is 24.6 Å². The topological polar surface area (TPSA) is 58.6 Å². The zero-order chi connectivity index (χ0) is 15.0. The van der Waals surface area contributed by atoms with Crippen molar-refractivity contribution in [2.24, 2.45) is 0 Å². The van der Waals surface area contributed by atoms with E-state index < -0.39 is 0 Å². The maximum atomic E-state index is 11.8. The number of nitrogens with zero attached hydrogens (tertiary/aromatic N) is 1. The summed E-state index contributed by atoms with van der Waals surface area (Å²) in [6, 6.07) is 7.69. The first kappa shape index (κ1) is 16.0. The molecule has 0 bridgehead atoms. The SMILES string of the molecule is CCOc1ccc(CN(C)C(=O)CCNC(C)=O)cc1. The lowest BCUT2D eigenvalue weighted by atomic mass is 10.2. The van der Waals surface area contributed by atoms with Gasteiger partial charge in [-0.25, -0.2) is 0 Å². The van der Waals surface area contributed by atoms with E-state index in [4.69, 9.17) is 4.74 Å². The molecule has 2 amide bonds. The minimum atomic E-state index is -0.119. The van der Waals surface area contributed by atoms with Crippen LogP contribution in [-0.4, -0.2) is 36.9 Å². The Kier molecular flexibility index (Phi) is 6.56. The third kappa shape index (κ3) is 5.73. The highest BCUT2D eigenvalue weighted by molar-refractivity contribution is 5.77. The molecule has 0 aliphatic rings. The second-order valence-corrected chi connectivity index (χ2v) is 4.56. The van der Waals surface area contributed by atoms with Crippen molar-refractivity contribution in [2.45, 2.75) is 26.8 Å². The van der Waals surface area contributed by atoms with Gasteiger partial charge >= 0.3 is 0 Å². The van der Waals surface area contributed by atoms with Crippen molar-refractivity contribution in [3.8, 4) is 5.75 Å². The maximum Gasteiger partial charge on any atom is 0.224 e. The lowest BCUT2D eigenvalue weighted by molar-refractivity contribution is -0.130. The van der Waals surface area contributed by atoms with Crippen LogP contribution in [0, 0.1) is 0 Å². The standard InChI is InChI=1S/C15H22N2O3/c1-4-20-14-7-5-13(6-8-14)11-17(3)15(19)9-10-16-12(2)18/h5-8H,4,9-11H2,1-3H3,(H,16,18). The van der Waals surface area contributed by atoms with E-state index in [9.17, 15) is 9.59 Å². The second-order valence-electron chi connectivity index (χ2n) is 4.56. The number of carbonyl (C=O) groups is 2. The highest BCUT2D eigenvalue weighted by Crippen LogP contribution is 2.13. The molecule has 1 rings (SSSR count). The van der Waals surface area contributed by atoms with Crippen LogP contribution in [-0.2, 0) is 16.1 Å². The molecule has 110 valence electrons. The van der Waals surface area contributed by atoms with E-state index in [-0.39, 0.29) is 11.8 Å². The Morgan fingerprint density at radius 2 is 1.90 bits per heavy atom. The Bertz CT molecular complexity index is 443. The molecule has 1 aromatic rings. The van der Waals surface area contributed by atoms with Crippen molar-refractivity contribution in [1.29, 1.82) is 0 Å². The third-order valence-electron chi connectivity index (χ3n) is 2.79. The minimum Gasteiger partial charge on any atom is -0.494 e. The van der Waals surface area contributed by atoms with Crippen LogP contribution in [0.15, 0.2) is 24.3 Å². The van der Waals surface area contributed by atoms with E-state index in [1.165, 1.54) is 6.92 Å². The molecule has 5 nitrogen and oxygen atoms in total. The molecular weight excluding hydrogens is 256 g/mol. The van der Waals surface area contributed by atoms with Crippen molar-refractivity contribution in [3.63, 3.8) is 0 Å². The van der Waals surface area contributed by atoms with Crippen LogP contribution in [0.25, 0.3) is 0 Å². The number of hydrogen-bond acceptors (Lipinski definition) is 3. The Morgan fingerprint density at radius 1 is 1.25 bits per heavy atom. The van der Waals surface area contributed by atoms with Crippen LogP contribution in [0.1, 0.15) is 25.8 Å². The third-order valence-corrected chi connectivity index (χ3v) is 2.79. The summed E-state index contributed by atoms with van der Waals surface area (Å²) in [6.07, 6.45) is 0.313. The molecule has 0 saturated heterocycles. The fourth-order valence-electron chi connectivity index (χ4n) is 1.76. The summed E-state index contributed by atoms with van der Waals surface area (Å²) in [5.74, 6) is 0.718. The van der Waals surface area contributed by atoms with Crippen molar-refractivity contribution < 1.29 is 14.3 Å². The van der Waals surface area contributed by atoms with Crippen molar-refractivity contribution in [3.05, 3.63) is 29.8 Å². The molecule has 0 aliphatic heterocycles. The second kappa shape index (κ2) is 8.19. The van der Waals surface area contributed by atoms with Crippen molar-refractivity contribution >= 4 is 11.8 Å². The molecule has 0 radical (unpaired) electrons. The number of nitrogens with one attached hydrogen (secondary N) is 1. The predicted octanol–water partition coefficient (Wildman–Crippen LogP) is 1.57. The molecule has 0 aromatic heterocycles. The van der Waals surface area contributed by atoms with Crippen LogP contribution in [0.3, 0.4) is 0 Å². The number of benzene rings is 1. The summed E-state index contributed by atoms with van der Waals surface area (Å²) < 4.78 is 5.37. The first-order chi connectivity index (χ1) is 9.52. The molecule has 5 heteroatoms. The average molecular weight is 278 g/mol. The van der Waals surface area contributed by atoms with E-state index >= 15 is 0 Å². The number of hydrogen-bond donors (Lipinski definition) is 1. The van der Waals surface area contributed by atoms with Gasteiger partial charge in [-0.15, -0.1) is 0 Å². The number of carbonyl (C=O) groups excluding carboxylic acids is 2. The summed E-state index contributed by atoms with van der Waals surface area (Å²) in [6.45, 7) is 4.94. The predicted molar refractivity (Wildman–Crippen MR) is 77.4 cm³/mol. The summed E-state index contributed by atoms with van der Waals surface area (Å²) in [5.41, 5.74) is 1.05. The Balaban J connectivity index is 2.42. The van der Waals surface area contributed by atoms with E-state index in [0.29, 0.717) is 26.1 Å².